The molecule has 0 radical (unpaired) electrons. The third-order valence-corrected chi connectivity index (χ3v) is 4.30. The van der Waals surface area contributed by atoms with Crippen molar-refractivity contribution in [2.45, 2.75) is 51.0 Å². The van der Waals surface area contributed by atoms with Gasteiger partial charge in [0.2, 0.25) is 0 Å². The first kappa shape index (κ1) is 13.3. The van der Waals surface area contributed by atoms with Gasteiger partial charge < -0.3 is 15.2 Å². The smallest absolute Gasteiger partial charge is 0.0774 e. The second-order valence-electron chi connectivity index (χ2n) is 6.11. The van der Waals surface area contributed by atoms with Crippen LogP contribution in [-0.4, -0.2) is 37.0 Å². The van der Waals surface area contributed by atoms with E-state index in [9.17, 15) is 5.11 Å². The highest BCUT2D eigenvalue weighted by Crippen LogP contribution is 2.31. The molecule has 0 spiro atoms. The van der Waals surface area contributed by atoms with Crippen molar-refractivity contribution < 1.29 is 9.84 Å². The molecule has 2 aliphatic rings. The first-order chi connectivity index (χ1) is 8.18. The van der Waals surface area contributed by atoms with Crippen LogP contribution in [0.5, 0.6) is 0 Å². The fourth-order valence-corrected chi connectivity index (χ4v) is 3.25. The molecule has 0 aromatic rings. The van der Waals surface area contributed by atoms with Gasteiger partial charge in [-0.2, -0.15) is 0 Å². The summed E-state index contributed by atoms with van der Waals surface area (Å²) in [6, 6.07) is 0. The number of rotatable bonds is 4. The van der Waals surface area contributed by atoms with Gasteiger partial charge in [-0.25, -0.2) is 0 Å². The molecule has 3 nitrogen and oxygen atoms in total. The summed E-state index contributed by atoms with van der Waals surface area (Å²) in [5.74, 6) is 1.42. The van der Waals surface area contributed by atoms with Crippen molar-refractivity contribution in [3.05, 3.63) is 0 Å². The van der Waals surface area contributed by atoms with E-state index in [4.69, 9.17) is 4.74 Å². The van der Waals surface area contributed by atoms with E-state index < -0.39 is 5.60 Å². The summed E-state index contributed by atoms with van der Waals surface area (Å²) in [7, 11) is 0. The van der Waals surface area contributed by atoms with Crippen LogP contribution in [-0.2, 0) is 4.74 Å². The lowest BCUT2D eigenvalue weighted by atomic mass is 9.79. The molecule has 1 saturated carbocycles. The predicted molar refractivity (Wildman–Crippen MR) is 69.0 cm³/mol. The fraction of sp³-hybridized carbons (Fsp3) is 1.00. The van der Waals surface area contributed by atoms with Gasteiger partial charge in [0.1, 0.15) is 0 Å². The molecule has 1 aliphatic heterocycles. The zero-order valence-electron chi connectivity index (χ0n) is 11.1. The average molecular weight is 241 g/mol. The maximum atomic E-state index is 10.5. The minimum atomic E-state index is -0.442. The Kier molecular flexibility index (Phi) is 4.83. The van der Waals surface area contributed by atoms with Crippen molar-refractivity contribution >= 4 is 0 Å². The Bertz CT molecular complexity index is 228. The van der Waals surface area contributed by atoms with E-state index in [0.29, 0.717) is 5.92 Å². The minimum Gasteiger partial charge on any atom is -0.389 e. The third kappa shape index (κ3) is 4.23. The number of hydrogen-bond donors (Lipinski definition) is 2. The Morgan fingerprint density at radius 3 is 2.76 bits per heavy atom. The molecule has 0 aromatic carbocycles. The lowest BCUT2D eigenvalue weighted by Gasteiger charge is -2.36. The number of ether oxygens (including phenoxy) is 1. The second-order valence-corrected chi connectivity index (χ2v) is 6.11. The molecule has 17 heavy (non-hydrogen) atoms. The summed E-state index contributed by atoms with van der Waals surface area (Å²) in [5, 5.41) is 14.0. The van der Waals surface area contributed by atoms with Crippen LogP contribution in [0.4, 0.5) is 0 Å². The Morgan fingerprint density at radius 2 is 2.06 bits per heavy atom. The molecule has 1 heterocycles. The summed E-state index contributed by atoms with van der Waals surface area (Å²) in [6.45, 7) is 5.89. The maximum Gasteiger partial charge on any atom is 0.0774 e. The van der Waals surface area contributed by atoms with E-state index in [1.165, 1.54) is 25.7 Å². The number of aliphatic hydroxyl groups is 1. The van der Waals surface area contributed by atoms with Gasteiger partial charge in [-0.1, -0.05) is 19.8 Å². The van der Waals surface area contributed by atoms with E-state index in [1.807, 2.05) is 0 Å². The molecule has 2 unspecified atom stereocenters. The van der Waals surface area contributed by atoms with Crippen LogP contribution in [0, 0.1) is 11.8 Å². The first-order valence-electron chi connectivity index (χ1n) is 7.19. The van der Waals surface area contributed by atoms with Crippen molar-refractivity contribution in [1.82, 2.24) is 5.32 Å². The van der Waals surface area contributed by atoms with Crippen LogP contribution in [0.25, 0.3) is 0 Å². The van der Waals surface area contributed by atoms with Crippen molar-refractivity contribution in [1.29, 1.82) is 0 Å². The lowest BCUT2D eigenvalue weighted by Crippen LogP contribution is -2.45. The van der Waals surface area contributed by atoms with E-state index in [2.05, 4.69) is 12.2 Å². The van der Waals surface area contributed by atoms with Crippen molar-refractivity contribution in [2.24, 2.45) is 11.8 Å². The molecular formula is C14H27NO2. The Labute approximate surface area is 105 Å². The largest absolute Gasteiger partial charge is 0.389 e. The van der Waals surface area contributed by atoms with Gasteiger partial charge in [-0.3, -0.25) is 0 Å². The van der Waals surface area contributed by atoms with E-state index in [1.54, 1.807) is 0 Å². The predicted octanol–water partition coefficient (Wildman–Crippen LogP) is 1.94. The Hall–Kier alpha value is -0.120. The topological polar surface area (TPSA) is 41.5 Å². The van der Waals surface area contributed by atoms with E-state index in [-0.39, 0.29) is 0 Å². The summed E-state index contributed by atoms with van der Waals surface area (Å²) < 4.78 is 5.35. The summed E-state index contributed by atoms with van der Waals surface area (Å²) in [4.78, 5) is 0. The summed E-state index contributed by atoms with van der Waals surface area (Å²) >= 11 is 0. The van der Waals surface area contributed by atoms with E-state index in [0.717, 1.165) is 45.1 Å². The van der Waals surface area contributed by atoms with Crippen LogP contribution >= 0.6 is 0 Å². The quantitative estimate of drug-likeness (QED) is 0.790. The monoisotopic (exact) mass is 241 g/mol. The van der Waals surface area contributed by atoms with Gasteiger partial charge in [0.25, 0.3) is 0 Å². The fourth-order valence-electron chi connectivity index (χ4n) is 3.25. The van der Waals surface area contributed by atoms with Gasteiger partial charge in [-0.15, -0.1) is 0 Å². The third-order valence-electron chi connectivity index (χ3n) is 4.30. The summed E-state index contributed by atoms with van der Waals surface area (Å²) in [6.07, 6.45) is 6.73. The van der Waals surface area contributed by atoms with Crippen LogP contribution in [0.15, 0.2) is 0 Å². The highest BCUT2D eigenvalue weighted by Gasteiger charge is 2.32. The Morgan fingerprint density at radius 1 is 1.29 bits per heavy atom. The van der Waals surface area contributed by atoms with Gasteiger partial charge >= 0.3 is 0 Å². The van der Waals surface area contributed by atoms with Gasteiger partial charge in [-0.05, 0) is 44.1 Å². The molecule has 100 valence electrons. The van der Waals surface area contributed by atoms with Crippen LogP contribution in [0.2, 0.25) is 0 Å². The molecule has 2 fully saturated rings. The average Bonchev–Trinajstić information content (AvgIpc) is 2.30. The standard InChI is InChI=1S/C14H27NO2/c1-12-3-2-6-14(16,9-12)11-15-10-13-4-7-17-8-5-13/h12-13,15-16H,2-11H2,1H3. The van der Waals surface area contributed by atoms with Crippen LogP contribution < -0.4 is 5.32 Å². The van der Waals surface area contributed by atoms with Gasteiger partial charge in [0, 0.05) is 19.8 Å². The molecule has 2 rings (SSSR count). The van der Waals surface area contributed by atoms with Crippen LogP contribution in [0.3, 0.4) is 0 Å². The van der Waals surface area contributed by atoms with Crippen molar-refractivity contribution in [2.75, 3.05) is 26.3 Å². The first-order valence-corrected chi connectivity index (χ1v) is 7.19. The summed E-state index contributed by atoms with van der Waals surface area (Å²) in [5.41, 5.74) is -0.442. The lowest BCUT2D eigenvalue weighted by molar-refractivity contribution is -0.0135. The highest BCUT2D eigenvalue weighted by molar-refractivity contribution is 4.87. The molecular weight excluding hydrogens is 214 g/mol. The second kappa shape index (κ2) is 6.17. The zero-order chi connectivity index (χ0) is 12.1. The normalized spacial score (nSPS) is 36.0. The molecule has 0 amide bonds. The number of hydrogen-bond acceptors (Lipinski definition) is 3. The SMILES string of the molecule is CC1CCCC(O)(CNCC2CCOCC2)C1. The van der Waals surface area contributed by atoms with Gasteiger partial charge in [0.05, 0.1) is 5.60 Å². The van der Waals surface area contributed by atoms with Crippen LogP contribution in [0.1, 0.15) is 45.4 Å². The number of nitrogens with one attached hydrogen (secondary N) is 1. The zero-order valence-corrected chi connectivity index (χ0v) is 11.1. The molecule has 0 aromatic heterocycles. The molecule has 2 atom stereocenters. The Balaban J connectivity index is 1.66. The van der Waals surface area contributed by atoms with Crippen molar-refractivity contribution in [3.8, 4) is 0 Å². The maximum absolute atomic E-state index is 10.5. The molecule has 0 bridgehead atoms. The van der Waals surface area contributed by atoms with E-state index >= 15 is 0 Å². The highest BCUT2D eigenvalue weighted by atomic mass is 16.5. The molecule has 1 aliphatic carbocycles. The minimum absolute atomic E-state index is 0.442. The molecule has 2 N–H and O–H groups in total. The van der Waals surface area contributed by atoms with Crippen molar-refractivity contribution in [3.63, 3.8) is 0 Å². The molecule has 1 saturated heterocycles. The van der Waals surface area contributed by atoms with Gasteiger partial charge in [0.15, 0.2) is 0 Å². The molecule has 3 heteroatoms.